The van der Waals surface area contributed by atoms with Crippen LogP contribution in [0.15, 0.2) is 30.4 Å². The van der Waals surface area contributed by atoms with Crippen LogP contribution in [-0.4, -0.2) is 33.0 Å². The second-order valence-corrected chi connectivity index (χ2v) is 3.45. The molecule has 0 bridgehead atoms. The third kappa shape index (κ3) is 3.91. The van der Waals surface area contributed by atoms with E-state index >= 15 is 0 Å². The van der Waals surface area contributed by atoms with Gasteiger partial charge in [-0.3, -0.25) is 14.9 Å². The molecule has 0 aromatic heterocycles. The van der Waals surface area contributed by atoms with Crippen molar-refractivity contribution in [3.8, 4) is 0 Å². The summed E-state index contributed by atoms with van der Waals surface area (Å²) in [5.74, 6) is -3.68. The van der Waals surface area contributed by atoms with Crippen LogP contribution in [0.3, 0.4) is 0 Å². The lowest BCUT2D eigenvalue weighted by molar-refractivity contribution is -0.384. The SMILES string of the molecule is O=C(O)/C=C/C(=O)Nc1ccc([N+](=O)[O-])cc1C(=O)O. The van der Waals surface area contributed by atoms with Crippen molar-refractivity contribution < 1.29 is 29.5 Å². The van der Waals surface area contributed by atoms with Crippen LogP contribution in [0, 0.1) is 10.1 Å². The van der Waals surface area contributed by atoms with E-state index < -0.39 is 34.0 Å². The lowest BCUT2D eigenvalue weighted by atomic mass is 10.1. The number of hydrogen-bond donors (Lipinski definition) is 3. The van der Waals surface area contributed by atoms with Crippen LogP contribution >= 0.6 is 0 Å². The zero-order chi connectivity index (χ0) is 15.3. The van der Waals surface area contributed by atoms with Crippen molar-refractivity contribution in [2.24, 2.45) is 0 Å². The van der Waals surface area contributed by atoms with Gasteiger partial charge in [0.05, 0.1) is 16.2 Å². The number of nitrogens with zero attached hydrogens (tertiary/aromatic N) is 1. The largest absolute Gasteiger partial charge is 0.478 e. The fourth-order valence-corrected chi connectivity index (χ4v) is 1.25. The Bertz CT molecular complexity index is 621. The van der Waals surface area contributed by atoms with Crippen LogP contribution in [0.25, 0.3) is 0 Å². The quantitative estimate of drug-likeness (QED) is 0.411. The number of non-ortho nitro benzene ring substituents is 1. The summed E-state index contributed by atoms with van der Waals surface area (Å²) in [6.07, 6.45) is 1.26. The third-order valence-corrected chi connectivity index (χ3v) is 2.08. The topological polar surface area (TPSA) is 147 Å². The van der Waals surface area contributed by atoms with E-state index in [2.05, 4.69) is 5.32 Å². The first-order chi connectivity index (χ1) is 9.31. The summed E-state index contributed by atoms with van der Waals surface area (Å²) in [7, 11) is 0. The molecule has 0 spiro atoms. The Hall–Kier alpha value is -3.23. The van der Waals surface area contributed by atoms with Crippen molar-refractivity contribution in [1.29, 1.82) is 0 Å². The van der Waals surface area contributed by atoms with Crippen molar-refractivity contribution >= 4 is 29.2 Å². The van der Waals surface area contributed by atoms with Gasteiger partial charge in [0.2, 0.25) is 5.91 Å². The highest BCUT2D eigenvalue weighted by Gasteiger charge is 2.16. The molecule has 0 unspecified atom stereocenters. The van der Waals surface area contributed by atoms with Crippen molar-refractivity contribution in [3.63, 3.8) is 0 Å². The van der Waals surface area contributed by atoms with E-state index in [1.54, 1.807) is 0 Å². The number of benzene rings is 1. The molecular weight excluding hydrogens is 272 g/mol. The highest BCUT2D eigenvalue weighted by Crippen LogP contribution is 2.22. The van der Waals surface area contributed by atoms with Gasteiger partial charge < -0.3 is 15.5 Å². The van der Waals surface area contributed by atoms with Gasteiger partial charge in [0.15, 0.2) is 0 Å². The number of nitro benzene ring substituents is 1. The van der Waals surface area contributed by atoms with Gasteiger partial charge in [-0.05, 0) is 6.07 Å². The van der Waals surface area contributed by atoms with Gasteiger partial charge in [0, 0.05) is 24.3 Å². The molecule has 1 aromatic carbocycles. The van der Waals surface area contributed by atoms with E-state index in [1.807, 2.05) is 0 Å². The normalized spacial score (nSPS) is 10.2. The Kier molecular flexibility index (Phi) is 4.51. The van der Waals surface area contributed by atoms with E-state index in [0.29, 0.717) is 12.2 Å². The number of nitro groups is 1. The molecule has 0 aliphatic rings. The molecule has 9 heteroatoms. The minimum atomic E-state index is -1.47. The van der Waals surface area contributed by atoms with Crippen molar-refractivity contribution in [2.75, 3.05) is 5.32 Å². The lowest BCUT2D eigenvalue weighted by Crippen LogP contribution is -2.12. The van der Waals surface area contributed by atoms with Crippen LogP contribution in [0.2, 0.25) is 0 Å². The van der Waals surface area contributed by atoms with Gasteiger partial charge >= 0.3 is 11.9 Å². The number of aromatic carboxylic acids is 1. The minimum Gasteiger partial charge on any atom is -0.478 e. The molecule has 0 saturated heterocycles. The van der Waals surface area contributed by atoms with E-state index in [1.165, 1.54) is 0 Å². The number of carbonyl (C=O) groups excluding carboxylic acids is 1. The first-order valence-electron chi connectivity index (χ1n) is 5.05. The first-order valence-corrected chi connectivity index (χ1v) is 5.05. The number of carboxylic acids is 2. The third-order valence-electron chi connectivity index (χ3n) is 2.08. The number of nitrogens with one attached hydrogen (secondary N) is 1. The second kappa shape index (κ2) is 6.09. The average molecular weight is 280 g/mol. The molecule has 0 heterocycles. The van der Waals surface area contributed by atoms with Crippen LogP contribution < -0.4 is 5.32 Å². The Labute approximate surface area is 111 Å². The van der Waals surface area contributed by atoms with E-state index in [4.69, 9.17) is 10.2 Å². The van der Waals surface area contributed by atoms with Crippen LogP contribution in [0.4, 0.5) is 11.4 Å². The molecule has 3 N–H and O–H groups in total. The number of aliphatic carboxylic acids is 1. The highest BCUT2D eigenvalue weighted by atomic mass is 16.6. The molecule has 1 aromatic rings. The maximum atomic E-state index is 11.3. The van der Waals surface area contributed by atoms with Crippen molar-refractivity contribution in [2.45, 2.75) is 0 Å². The molecule has 1 rings (SSSR count). The molecule has 104 valence electrons. The summed E-state index contributed by atoms with van der Waals surface area (Å²) < 4.78 is 0. The Morgan fingerprint density at radius 3 is 2.35 bits per heavy atom. The molecule has 20 heavy (non-hydrogen) atoms. The average Bonchev–Trinajstić information content (AvgIpc) is 2.36. The molecule has 0 fully saturated rings. The number of amides is 1. The predicted molar refractivity (Wildman–Crippen MR) is 65.5 cm³/mol. The summed E-state index contributed by atoms with van der Waals surface area (Å²) in [6.45, 7) is 0. The monoisotopic (exact) mass is 280 g/mol. The zero-order valence-corrected chi connectivity index (χ0v) is 9.77. The number of carbonyl (C=O) groups is 3. The van der Waals surface area contributed by atoms with E-state index in [0.717, 1.165) is 18.2 Å². The van der Waals surface area contributed by atoms with Gasteiger partial charge in [-0.25, -0.2) is 9.59 Å². The molecule has 0 aliphatic carbocycles. The second-order valence-electron chi connectivity index (χ2n) is 3.45. The Morgan fingerprint density at radius 2 is 1.85 bits per heavy atom. The minimum absolute atomic E-state index is 0.178. The van der Waals surface area contributed by atoms with Crippen LogP contribution in [-0.2, 0) is 9.59 Å². The van der Waals surface area contributed by atoms with Crippen molar-refractivity contribution in [1.82, 2.24) is 0 Å². The van der Waals surface area contributed by atoms with Gasteiger partial charge in [-0.1, -0.05) is 0 Å². The fourth-order valence-electron chi connectivity index (χ4n) is 1.25. The Morgan fingerprint density at radius 1 is 1.20 bits per heavy atom. The maximum absolute atomic E-state index is 11.3. The van der Waals surface area contributed by atoms with E-state index in [9.17, 15) is 24.5 Å². The summed E-state index contributed by atoms with van der Waals surface area (Å²) in [4.78, 5) is 42.3. The highest BCUT2D eigenvalue weighted by molar-refractivity contribution is 6.06. The molecular formula is C11H8N2O7. The molecule has 0 saturated carbocycles. The lowest BCUT2D eigenvalue weighted by Gasteiger charge is -2.06. The molecule has 0 atom stereocenters. The molecule has 1 amide bonds. The standard InChI is InChI=1S/C11H8N2O7/c14-9(3-4-10(15)16)12-8-2-1-6(13(19)20)5-7(8)11(17)18/h1-5H,(H,12,14)(H,15,16)(H,17,18)/b4-3+. The van der Waals surface area contributed by atoms with E-state index in [-0.39, 0.29) is 5.69 Å². The van der Waals surface area contributed by atoms with Gasteiger partial charge in [0.1, 0.15) is 0 Å². The smallest absolute Gasteiger partial charge is 0.338 e. The van der Waals surface area contributed by atoms with Gasteiger partial charge in [-0.15, -0.1) is 0 Å². The van der Waals surface area contributed by atoms with Gasteiger partial charge in [0.25, 0.3) is 5.69 Å². The summed E-state index contributed by atoms with van der Waals surface area (Å²) in [5.41, 5.74) is -1.10. The van der Waals surface area contributed by atoms with Gasteiger partial charge in [-0.2, -0.15) is 0 Å². The molecule has 0 radical (unpaired) electrons. The fraction of sp³-hybridized carbons (Fsp3) is 0. The first kappa shape index (κ1) is 14.8. The number of anilines is 1. The summed E-state index contributed by atoms with van der Waals surface area (Å²) in [5, 5.41) is 29.9. The van der Waals surface area contributed by atoms with Crippen LogP contribution in [0.1, 0.15) is 10.4 Å². The van der Waals surface area contributed by atoms with Crippen molar-refractivity contribution in [3.05, 3.63) is 46.0 Å². The molecule has 9 nitrogen and oxygen atoms in total. The molecule has 0 aliphatic heterocycles. The summed E-state index contributed by atoms with van der Waals surface area (Å²) in [6, 6.07) is 2.86. The zero-order valence-electron chi connectivity index (χ0n) is 9.77. The summed E-state index contributed by atoms with van der Waals surface area (Å²) >= 11 is 0. The predicted octanol–water partition coefficient (Wildman–Crippen LogP) is 0.872. The number of rotatable bonds is 5. The van der Waals surface area contributed by atoms with Crippen LogP contribution in [0.5, 0.6) is 0 Å². The Balaban J connectivity index is 3.06. The maximum Gasteiger partial charge on any atom is 0.338 e. The number of hydrogen-bond acceptors (Lipinski definition) is 5. The number of carboxylic acid groups (broad SMARTS) is 2.